The first kappa shape index (κ1) is 9.24. The van der Waals surface area contributed by atoms with Crippen LogP contribution in [0.2, 0.25) is 0 Å². The summed E-state index contributed by atoms with van der Waals surface area (Å²) in [6, 6.07) is 4.29. The molecule has 0 spiro atoms. The Hall–Kier alpha value is -0.850. The molecule has 0 aliphatic heterocycles. The minimum atomic E-state index is 0.637. The Bertz CT molecular complexity index is 266. The van der Waals surface area contributed by atoms with Crippen molar-refractivity contribution in [1.29, 1.82) is 0 Å². The molecule has 0 radical (unpaired) electrons. The van der Waals surface area contributed by atoms with E-state index in [0.717, 1.165) is 5.69 Å². The van der Waals surface area contributed by atoms with Crippen molar-refractivity contribution in [3.05, 3.63) is 29.1 Å². The summed E-state index contributed by atoms with van der Waals surface area (Å²) in [5.74, 6) is 0.637. The molecule has 1 heteroatoms. The summed E-state index contributed by atoms with van der Waals surface area (Å²) in [7, 11) is 0. The van der Waals surface area contributed by atoms with Crippen molar-refractivity contribution in [1.82, 2.24) is 4.98 Å². The fourth-order valence-corrected chi connectivity index (χ4v) is 1.44. The van der Waals surface area contributed by atoms with Crippen LogP contribution in [0.4, 0.5) is 0 Å². The minimum Gasteiger partial charge on any atom is -0.258 e. The van der Waals surface area contributed by atoms with Crippen LogP contribution in [0.25, 0.3) is 0 Å². The molecule has 0 bridgehead atoms. The quantitative estimate of drug-likeness (QED) is 0.652. The number of aryl methyl sites for hydroxylation is 2. The Balaban J connectivity index is 3.01. The van der Waals surface area contributed by atoms with E-state index in [1.807, 2.05) is 6.92 Å². The summed E-state index contributed by atoms with van der Waals surface area (Å²) in [6.07, 6.45) is 1.19. The molecule has 0 unspecified atom stereocenters. The molecule has 0 amide bonds. The van der Waals surface area contributed by atoms with E-state index in [2.05, 4.69) is 37.9 Å². The predicted octanol–water partition coefficient (Wildman–Crippen LogP) is 3.21. The van der Waals surface area contributed by atoms with E-state index in [4.69, 9.17) is 0 Å². The van der Waals surface area contributed by atoms with E-state index >= 15 is 0 Å². The van der Waals surface area contributed by atoms with Crippen LogP contribution in [-0.2, 0) is 0 Å². The van der Waals surface area contributed by atoms with Gasteiger partial charge >= 0.3 is 0 Å². The van der Waals surface area contributed by atoms with Crippen LogP contribution in [0, 0.1) is 13.8 Å². The van der Waals surface area contributed by atoms with Crippen LogP contribution in [0.1, 0.15) is 43.1 Å². The Morgan fingerprint density at radius 3 is 2.50 bits per heavy atom. The highest BCUT2D eigenvalue weighted by Crippen LogP contribution is 2.20. The third-order valence-corrected chi connectivity index (χ3v) is 2.41. The first-order chi connectivity index (χ1) is 5.65. The summed E-state index contributed by atoms with van der Waals surface area (Å²) in [5, 5.41) is 0. The molecule has 1 aromatic heterocycles. The van der Waals surface area contributed by atoms with Gasteiger partial charge in [0.15, 0.2) is 0 Å². The van der Waals surface area contributed by atoms with Crippen LogP contribution < -0.4 is 0 Å². The molecule has 1 atom stereocenters. The molecule has 0 aliphatic carbocycles. The second-order valence-corrected chi connectivity index (χ2v) is 3.44. The van der Waals surface area contributed by atoms with Gasteiger partial charge in [0.05, 0.1) is 0 Å². The van der Waals surface area contributed by atoms with E-state index < -0.39 is 0 Å². The zero-order valence-electron chi connectivity index (χ0n) is 8.39. The largest absolute Gasteiger partial charge is 0.258 e. The van der Waals surface area contributed by atoms with E-state index in [0.29, 0.717) is 5.92 Å². The van der Waals surface area contributed by atoms with Gasteiger partial charge in [0.25, 0.3) is 0 Å². The van der Waals surface area contributed by atoms with Gasteiger partial charge in [-0.25, -0.2) is 0 Å². The highest BCUT2D eigenvalue weighted by Gasteiger charge is 2.06. The number of aromatic nitrogens is 1. The van der Waals surface area contributed by atoms with Crippen LogP contribution in [0.15, 0.2) is 12.1 Å². The maximum atomic E-state index is 4.44. The van der Waals surface area contributed by atoms with E-state index in [1.165, 1.54) is 17.7 Å². The number of rotatable bonds is 2. The normalized spacial score (nSPS) is 13.0. The maximum Gasteiger partial charge on any atom is 0.0410 e. The second-order valence-electron chi connectivity index (χ2n) is 3.44. The third-order valence-electron chi connectivity index (χ3n) is 2.41. The monoisotopic (exact) mass is 163 g/mol. The summed E-state index contributed by atoms with van der Waals surface area (Å²) in [4.78, 5) is 4.44. The van der Waals surface area contributed by atoms with E-state index in [1.54, 1.807) is 0 Å². The number of nitrogens with zero attached hydrogens (tertiary/aromatic N) is 1. The van der Waals surface area contributed by atoms with Crippen molar-refractivity contribution in [3.8, 4) is 0 Å². The van der Waals surface area contributed by atoms with Gasteiger partial charge in [-0.2, -0.15) is 0 Å². The van der Waals surface area contributed by atoms with Crippen LogP contribution in [0.5, 0.6) is 0 Å². The molecule has 1 nitrogen and oxygen atoms in total. The smallest absolute Gasteiger partial charge is 0.0410 e. The molecule has 0 aromatic carbocycles. The van der Waals surface area contributed by atoms with Gasteiger partial charge < -0.3 is 0 Å². The molecule has 0 saturated carbocycles. The molecule has 0 aliphatic rings. The molecule has 66 valence electrons. The Kier molecular flexibility index (Phi) is 2.85. The van der Waals surface area contributed by atoms with Crippen molar-refractivity contribution in [2.24, 2.45) is 0 Å². The highest BCUT2D eigenvalue weighted by molar-refractivity contribution is 5.24. The van der Waals surface area contributed by atoms with Crippen molar-refractivity contribution in [3.63, 3.8) is 0 Å². The van der Waals surface area contributed by atoms with Crippen molar-refractivity contribution >= 4 is 0 Å². The average Bonchev–Trinajstić information content (AvgIpc) is 2.03. The van der Waals surface area contributed by atoms with Gasteiger partial charge in [-0.1, -0.05) is 19.9 Å². The zero-order chi connectivity index (χ0) is 9.14. The first-order valence-corrected chi connectivity index (χ1v) is 4.59. The second kappa shape index (κ2) is 3.70. The van der Waals surface area contributed by atoms with Gasteiger partial charge in [-0.3, -0.25) is 4.98 Å². The van der Waals surface area contributed by atoms with Crippen molar-refractivity contribution < 1.29 is 0 Å². The topological polar surface area (TPSA) is 12.9 Å². The lowest BCUT2D eigenvalue weighted by Gasteiger charge is -2.11. The summed E-state index contributed by atoms with van der Waals surface area (Å²) < 4.78 is 0. The molecule has 1 aromatic rings. The molecule has 0 N–H and O–H groups in total. The lowest BCUT2D eigenvalue weighted by atomic mass is 9.97. The number of hydrogen-bond acceptors (Lipinski definition) is 1. The molecule has 0 saturated heterocycles. The Morgan fingerprint density at radius 1 is 1.33 bits per heavy atom. The average molecular weight is 163 g/mol. The molecular weight excluding hydrogens is 146 g/mol. The maximum absolute atomic E-state index is 4.44. The molecule has 0 fully saturated rings. The third kappa shape index (κ3) is 1.84. The van der Waals surface area contributed by atoms with Gasteiger partial charge in [0.1, 0.15) is 0 Å². The van der Waals surface area contributed by atoms with Gasteiger partial charge in [-0.05, 0) is 37.8 Å². The molecular formula is C11H17N. The van der Waals surface area contributed by atoms with Crippen molar-refractivity contribution in [2.75, 3.05) is 0 Å². The van der Waals surface area contributed by atoms with Gasteiger partial charge in [0.2, 0.25) is 0 Å². The lowest BCUT2D eigenvalue weighted by Crippen LogP contribution is -1.98. The summed E-state index contributed by atoms with van der Waals surface area (Å²) in [5.41, 5.74) is 3.69. The fourth-order valence-electron chi connectivity index (χ4n) is 1.44. The number of pyridine rings is 1. The van der Waals surface area contributed by atoms with Crippen molar-refractivity contribution in [2.45, 2.75) is 40.0 Å². The first-order valence-electron chi connectivity index (χ1n) is 4.59. The summed E-state index contributed by atoms with van der Waals surface area (Å²) >= 11 is 0. The summed E-state index contributed by atoms with van der Waals surface area (Å²) in [6.45, 7) is 8.59. The van der Waals surface area contributed by atoms with Crippen LogP contribution in [-0.4, -0.2) is 4.98 Å². The van der Waals surface area contributed by atoms with E-state index in [9.17, 15) is 0 Å². The molecule has 12 heavy (non-hydrogen) atoms. The minimum absolute atomic E-state index is 0.637. The van der Waals surface area contributed by atoms with Crippen LogP contribution in [0.3, 0.4) is 0 Å². The molecule has 1 heterocycles. The predicted molar refractivity (Wildman–Crippen MR) is 52.4 cm³/mol. The Morgan fingerprint density at radius 2 is 2.00 bits per heavy atom. The Labute approximate surface area is 74.8 Å². The van der Waals surface area contributed by atoms with Gasteiger partial charge in [0, 0.05) is 11.4 Å². The van der Waals surface area contributed by atoms with Gasteiger partial charge in [-0.15, -0.1) is 0 Å². The SMILES string of the molecule is CC[C@@H](C)c1ccc(C)nc1C. The fraction of sp³-hybridized carbons (Fsp3) is 0.545. The van der Waals surface area contributed by atoms with E-state index in [-0.39, 0.29) is 0 Å². The lowest BCUT2D eigenvalue weighted by molar-refractivity contribution is 0.721. The van der Waals surface area contributed by atoms with Crippen LogP contribution >= 0.6 is 0 Å². The highest BCUT2D eigenvalue weighted by atomic mass is 14.7. The molecule has 1 rings (SSSR count). The number of hydrogen-bond donors (Lipinski definition) is 0. The standard InChI is InChI=1S/C11H17N/c1-5-8(2)11-7-6-9(3)12-10(11)4/h6-8H,5H2,1-4H3/t8-/m1/s1. The zero-order valence-corrected chi connectivity index (χ0v) is 8.39.